The van der Waals surface area contributed by atoms with E-state index in [9.17, 15) is 4.79 Å². The Kier molecular flexibility index (Phi) is 2.00. The molecule has 0 aromatic carbocycles. The van der Waals surface area contributed by atoms with E-state index in [0.717, 1.165) is 5.82 Å². The van der Waals surface area contributed by atoms with Crippen molar-refractivity contribution in [2.75, 3.05) is 5.32 Å². The molecule has 1 saturated carbocycles. The van der Waals surface area contributed by atoms with Gasteiger partial charge in [-0.25, -0.2) is 4.98 Å². The minimum atomic E-state index is 0.0606. The van der Waals surface area contributed by atoms with Crippen LogP contribution in [-0.4, -0.2) is 16.8 Å². The Bertz CT molecular complexity index is 314. The number of carbonyl (C=O) groups is 1. The molecule has 1 aromatic heterocycles. The van der Waals surface area contributed by atoms with Gasteiger partial charge in [0.2, 0.25) is 0 Å². The molecular formula is C10H12N2O. The van der Waals surface area contributed by atoms with Crippen LogP contribution in [0.1, 0.15) is 30.1 Å². The Hall–Kier alpha value is -1.38. The minimum absolute atomic E-state index is 0.0606. The number of rotatable bonds is 3. The zero-order chi connectivity index (χ0) is 9.26. The molecule has 1 aromatic rings. The van der Waals surface area contributed by atoms with E-state index in [1.54, 1.807) is 19.2 Å². The summed E-state index contributed by atoms with van der Waals surface area (Å²) >= 11 is 0. The van der Waals surface area contributed by atoms with Crippen molar-refractivity contribution in [3.05, 3.63) is 23.9 Å². The summed E-state index contributed by atoms with van der Waals surface area (Å²) in [7, 11) is 0. The van der Waals surface area contributed by atoms with Gasteiger partial charge in [-0.1, -0.05) is 0 Å². The molecule has 0 amide bonds. The zero-order valence-corrected chi connectivity index (χ0v) is 7.58. The normalized spacial score (nSPS) is 15.5. The van der Waals surface area contributed by atoms with Crippen LogP contribution in [-0.2, 0) is 0 Å². The first-order valence-electron chi connectivity index (χ1n) is 4.49. The number of carbonyl (C=O) groups excluding carboxylic acids is 1. The summed E-state index contributed by atoms with van der Waals surface area (Å²) in [4.78, 5) is 15.1. The van der Waals surface area contributed by atoms with E-state index in [2.05, 4.69) is 10.3 Å². The zero-order valence-electron chi connectivity index (χ0n) is 7.58. The SMILES string of the molecule is CC(=O)c1ccc(NC2CC2)nc1. The standard InChI is InChI=1S/C10H12N2O/c1-7(13)8-2-5-10(11-6-8)12-9-3-4-9/h2,5-6,9H,3-4H2,1H3,(H,11,12). The predicted molar refractivity (Wildman–Crippen MR) is 50.9 cm³/mol. The van der Waals surface area contributed by atoms with Gasteiger partial charge in [0, 0.05) is 17.8 Å². The summed E-state index contributed by atoms with van der Waals surface area (Å²) in [6.45, 7) is 1.55. The third kappa shape index (κ3) is 2.05. The largest absolute Gasteiger partial charge is 0.367 e. The first kappa shape index (κ1) is 8.23. The fourth-order valence-corrected chi connectivity index (χ4v) is 1.12. The second kappa shape index (κ2) is 3.17. The molecule has 0 unspecified atom stereocenters. The fraction of sp³-hybridized carbons (Fsp3) is 0.400. The number of aromatic nitrogens is 1. The Morgan fingerprint density at radius 1 is 1.54 bits per heavy atom. The summed E-state index contributed by atoms with van der Waals surface area (Å²) in [6.07, 6.45) is 4.08. The van der Waals surface area contributed by atoms with E-state index in [1.165, 1.54) is 12.8 Å². The molecule has 1 fully saturated rings. The molecule has 3 heteroatoms. The van der Waals surface area contributed by atoms with Crippen molar-refractivity contribution in [3.63, 3.8) is 0 Å². The molecule has 1 aliphatic carbocycles. The number of ketones is 1. The molecule has 2 rings (SSSR count). The first-order chi connectivity index (χ1) is 6.25. The molecule has 0 spiro atoms. The number of Topliss-reactive ketones (excluding diaryl/α,β-unsaturated/α-hetero) is 1. The van der Waals surface area contributed by atoms with Gasteiger partial charge in [-0.2, -0.15) is 0 Å². The van der Waals surface area contributed by atoms with E-state index in [0.29, 0.717) is 11.6 Å². The highest BCUT2D eigenvalue weighted by Crippen LogP contribution is 2.23. The van der Waals surface area contributed by atoms with Crippen LogP contribution in [0.25, 0.3) is 0 Å². The van der Waals surface area contributed by atoms with E-state index in [1.807, 2.05) is 6.07 Å². The lowest BCUT2D eigenvalue weighted by atomic mass is 10.2. The van der Waals surface area contributed by atoms with Gasteiger partial charge in [0.1, 0.15) is 5.82 Å². The highest BCUT2D eigenvalue weighted by atomic mass is 16.1. The third-order valence-corrected chi connectivity index (χ3v) is 2.10. The van der Waals surface area contributed by atoms with Crippen LogP contribution in [0.2, 0.25) is 0 Å². The van der Waals surface area contributed by atoms with Crippen molar-refractivity contribution in [2.24, 2.45) is 0 Å². The molecule has 1 N–H and O–H groups in total. The van der Waals surface area contributed by atoms with Gasteiger partial charge in [-0.05, 0) is 31.9 Å². The summed E-state index contributed by atoms with van der Waals surface area (Å²) in [5.41, 5.74) is 0.668. The van der Waals surface area contributed by atoms with E-state index in [4.69, 9.17) is 0 Å². The van der Waals surface area contributed by atoms with Crippen molar-refractivity contribution >= 4 is 11.6 Å². The molecule has 0 saturated heterocycles. The monoisotopic (exact) mass is 176 g/mol. The molecule has 0 atom stereocenters. The molecule has 1 aliphatic rings. The highest BCUT2D eigenvalue weighted by molar-refractivity contribution is 5.93. The molecule has 0 bridgehead atoms. The average Bonchev–Trinajstić information content (AvgIpc) is 2.89. The molecule has 1 heterocycles. The molecule has 13 heavy (non-hydrogen) atoms. The van der Waals surface area contributed by atoms with Gasteiger partial charge in [-0.3, -0.25) is 4.79 Å². The van der Waals surface area contributed by atoms with Crippen molar-refractivity contribution in [1.82, 2.24) is 4.98 Å². The van der Waals surface area contributed by atoms with Gasteiger partial charge >= 0.3 is 0 Å². The maximum Gasteiger partial charge on any atom is 0.161 e. The lowest BCUT2D eigenvalue weighted by Gasteiger charge is -2.02. The fourth-order valence-electron chi connectivity index (χ4n) is 1.12. The van der Waals surface area contributed by atoms with Gasteiger partial charge < -0.3 is 5.32 Å². The Morgan fingerprint density at radius 3 is 2.77 bits per heavy atom. The molecule has 0 aliphatic heterocycles. The molecule has 68 valence electrons. The van der Waals surface area contributed by atoms with Crippen LogP contribution in [0.3, 0.4) is 0 Å². The second-order valence-electron chi connectivity index (χ2n) is 3.41. The summed E-state index contributed by atoms with van der Waals surface area (Å²) in [5, 5.41) is 3.26. The van der Waals surface area contributed by atoms with Gasteiger partial charge in [0.05, 0.1) is 0 Å². The van der Waals surface area contributed by atoms with Crippen molar-refractivity contribution in [1.29, 1.82) is 0 Å². The van der Waals surface area contributed by atoms with Crippen molar-refractivity contribution < 1.29 is 4.79 Å². The lowest BCUT2D eigenvalue weighted by molar-refractivity contribution is 0.101. The highest BCUT2D eigenvalue weighted by Gasteiger charge is 2.20. The van der Waals surface area contributed by atoms with Crippen LogP contribution < -0.4 is 5.32 Å². The minimum Gasteiger partial charge on any atom is -0.367 e. The Morgan fingerprint density at radius 2 is 2.31 bits per heavy atom. The summed E-state index contributed by atoms with van der Waals surface area (Å²) in [6, 6.07) is 4.27. The maximum absolute atomic E-state index is 10.9. The maximum atomic E-state index is 10.9. The van der Waals surface area contributed by atoms with Crippen LogP contribution in [0.4, 0.5) is 5.82 Å². The number of pyridine rings is 1. The second-order valence-corrected chi connectivity index (χ2v) is 3.41. The molecular weight excluding hydrogens is 164 g/mol. The van der Waals surface area contributed by atoms with E-state index >= 15 is 0 Å². The lowest BCUT2D eigenvalue weighted by Crippen LogP contribution is -2.03. The smallest absolute Gasteiger partial charge is 0.161 e. The number of nitrogens with one attached hydrogen (secondary N) is 1. The first-order valence-corrected chi connectivity index (χ1v) is 4.49. The van der Waals surface area contributed by atoms with Crippen LogP contribution in [0.5, 0.6) is 0 Å². The van der Waals surface area contributed by atoms with Gasteiger partial charge in [0.15, 0.2) is 5.78 Å². The van der Waals surface area contributed by atoms with E-state index in [-0.39, 0.29) is 5.78 Å². The number of hydrogen-bond acceptors (Lipinski definition) is 3. The predicted octanol–water partition coefficient (Wildman–Crippen LogP) is 1.86. The van der Waals surface area contributed by atoms with Crippen LogP contribution >= 0.6 is 0 Å². The van der Waals surface area contributed by atoms with Gasteiger partial charge in [-0.15, -0.1) is 0 Å². The molecule has 0 radical (unpaired) electrons. The topological polar surface area (TPSA) is 42.0 Å². The number of nitrogens with zero attached hydrogens (tertiary/aromatic N) is 1. The van der Waals surface area contributed by atoms with Crippen LogP contribution in [0, 0.1) is 0 Å². The molecule has 3 nitrogen and oxygen atoms in total. The average molecular weight is 176 g/mol. The number of hydrogen-bond donors (Lipinski definition) is 1. The Balaban J connectivity index is 2.08. The number of anilines is 1. The summed E-state index contributed by atoms with van der Waals surface area (Å²) < 4.78 is 0. The quantitative estimate of drug-likeness (QED) is 0.715. The summed E-state index contributed by atoms with van der Waals surface area (Å²) in [5.74, 6) is 0.929. The van der Waals surface area contributed by atoms with Crippen molar-refractivity contribution in [3.8, 4) is 0 Å². The van der Waals surface area contributed by atoms with E-state index < -0.39 is 0 Å². The Labute approximate surface area is 77.2 Å². The third-order valence-electron chi connectivity index (χ3n) is 2.10. The van der Waals surface area contributed by atoms with Crippen LogP contribution in [0.15, 0.2) is 18.3 Å². The van der Waals surface area contributed by atoms with Gasteiger partial charge in [0.25, 0.3) is 0 Å². The van der Waals surface area contributed by atoms with Crippen molar-refractivity contribution in [2.45, 2.75) is 25.8 Å².